The minimum absolute atomic E-state index is 0.257. The molecule has 0 heteroatoms. The fraction of sp³-hybridized carbons (Fsp3) is 0.550. The summed E-state index contributed by atoms with van der Waals surface area (Å²) in [5, 5.41) is 0. The van der Waals surface area contributed by atoms with Gasteiger partial charge in [-0.2, -0.15) is 0 Å². The summed E-state index contributed by atoms with van der Waals surface area (Å²) in [6, 6.07) is 0. The minimum Gasteiger partial charge on any atom is -0.0780 e. The first kappa shape index (κ1) is 15.4. The average molecular weight is 269 g/mol. The highest BCUT2D eigenvalue weighted by atomic mass is 14.5. The number of hydrogen-bond donors (Lipinski definition) is 0. The second kappa shape index (κ2) is 5.76. The van der Waals surface area contributed by atoms with E-state index in [9.17, 15) is 0 Å². The molecule has 0 spiro atoms. The molecule has 0 aromatic rings. The monoisotopic (exact) mass is 269 g/mol. The second-order valence-electron chi connectivity index (χ2n) is 7.30. The molecule has 0 heterocycles. The van der Waals surface area contributed by atoms with Gasteiger partial charge in [0.15, 0.2) is 0 Å². The first-order chi connectivity index (χ1) is 9.39. The largest absolute Gasteiger partial charge is 0.0780 e. The molecule has 0 amide bonds. The molecule has 0 fully saturated rings. The van der Waals surface area contributed by atoms with Gasteiger partial charge in [-0.3, -0.25) is 0 Å². The van der Waals surface area contributed by atoms with Gasteiger partial charge in [0.05, 0.1) is 0 Å². The lowest BCUT2D eigenvalue weighted by Crippen LogP contribution is -2.39. The van der Waals surface area contributed by atoms with Crippen molar-refractivity contribution in [3.8, 4) is 0 Å². The Bertz CT molecular complexity index is 432. The van der Waals surface area contributed by atoms with Crippen molar-refractivity contribution in [2.24, 2.45) is 16.7 Å². The summed E-state index contributed by atoms with van der Waals surface area (Å²) < 4.78 is 0. The molecular weight excluding hydrogens is 240 g/mol. The van der Waals surface area contributed by atoms with Gasteiger partial charge in [-0.1, -0.05) is 74.8 Å². The van der Waals surface area contributed by atoms with Crippen LogP contribution in [0.15, 0.2) is 47.6 Å². The summed E-state index contributed by atoms with van der Waals surface area (Å²) in [5.41, 5.74) is 3.51. The summed E-state index contributed by atoms with van der Waals surface area (Å²) in [6.45, 7) is 13.5. The molecule has 0 nitrogen and oxygen atoms in total. The maximum Gasteiger partial charge on any atom is -0.00698 e. The SMILES string of the molecule is [CH2]CCC(C1(C)C=CC=C(C)C1)C1(C)C=CC=C(C)C1. The zero-order valence-corrected chi connectivity index (χ0v) is 13.6. The summed E-state index contributed by atoms with van der Waals surface area (Å²) in [5.74, 6) is 0.646. The van der Waals surface area contributed by atoms with Crippen LogP contribution in [0.2, 0.25) is 0 Å². The molecule has 20 heavy (non-hydrogen) atoms. The first-order valence-electron chi connectivity index (χ1n) is 7.89. The lowest BCUT2D eigenvalue weighted by atomic mass is 9.56. The third-order valence-electron chi connectivity index (χ3n) is 5.12. The minimum atomic E-state index is 0.257. The van der Waals surface area contributed by atoms with Gasteiger partial charge in [0, 0.05) is 0 Å². The molecule has 2 atom stereocenters. The van der Waals surface area contributed by atoms with Crippen molar-refractivity contribution in [2.75, 3.05) is 0 Å². The Morgan fingerprint density at radius 1 is 1.00 bits per heavy atom. The van der Waals surface area contributed by atoms with Crippen LogP contribution >= 0.6 is 0 Å². The molecule has 0 aromatic carbocycles. The van der Waals surface area contributed by atoms with Crippen LogP contribution < -0.4 is 0 Å². The quantitative estimate of drug-likeness (QED) is 0.583. The molecule has 0 saturated carbocycles. The van der Waals surface area contributed by atoms with Crippen molar-refractivity contribution in [1.29, 1.82) is 0 Å². The summed E-state index contributed by atoms with van der Waals surface area (Å²) in [4.78, 5) is 0. The van der Waals surface area contributed by atoms with E-state index in [0.29, 0.717) is 5.92 Å². The van der Waals surface area contributed by atoms with Crippen molar-refractivity contribution >= 4 is 0 Å². The Balaban J connectivity index is 2.32. The van der Waals surface area contributed by atoms with E-state index in [-0.39, 0.29) is 10.8 Å². The Labute approximate surface area is 125 Å². The van der Waals surface area contributed by atoms with Gasteiger partial charge in [-0.15, -0.1) is 0 Å². The number of allylic oxidation sites excluding steroid dienone is 8. The number of hydrogen-bond acceptors (Lipinski definition) is 0. The topological polar surface area (TPSA) is 0 Å². The molecule has 0 saturated heterocycles. The lowest BCUT2D eigenvalue weighted by Gasteiger charge is -2.48. The molecule has 0 bridgehead atoms. The van der Waals surface area contributed by atoms with Gasteiger partial charge in [0.1, 0.15) is 0 Å². The maximum atomic E-state index is 4.14. The molecule has 2 aliphatic rings. The maximum absolute atomic E-state index is 4.14. The second-order valence-corrected chi connectivity index (χ2v) is 7.30. The molecule has 2 unspecified atom stereocenters. The molecule has 0 aliphatic heterocycles. The van der Waals surface area contributed by atoms with Crippen LogP contribution in [0.25, 0.3) is 0 Å². The Hall–Kier alpha value is -1.04. The van der Waals surface area contributed by atoms with Crippen molar-refractivity contribution in [3.05, 3.63) is 54.5 Å². The van der Waals surface area contributed by atoms with Gasteiger partial charge < -0.3 is 0 Å². The van der Waals surface area contributed by atoms with E-state index in [1.807, 2.05) is 0 Å². The van der Waals surface area contributed by atoms with Gasteiger partial charge >= 0.3 is 0 Å². The van der Waals surface area contributed by atoms with Crippen LogP contribution in [-0.2, 0) is 0 Å². The molecule has 2 aliphatic carbocycles. The zero-order chi connectivity index (χ0) is 14.8. The van der Waals surface area contributed by atoms with E-state index in [0.717, 1.165) is 6.42 Å². The normalized spacial score (nSPS) is 34.6. The summed E-state index contributed by atoms with van der Waals surface area (Å²) in [6.07, 6.45) is 18.5. The third-order valence-corrected chi connectivity index (χ3v) is 5.12. The van der Waals surface area contributed by atoms with E-state index in [1.54, 1.807) is 0 Å². The van der Waals surface area contributed by atoms with E-state index in [1.165, 1.54) is 30.4 Å². The summed E-state index contributed by atoms with van der Waals surface area (Å²) in [7, 11) is 0. The van der Waals surface area contributed by atoms with Crippen LogP contribution in [-0.4, -0.2) is 0 Å². The highest BCUT2D eigenvalue weighted by Gasteiger charge is 2.43. The van der Waals surface area contributed by atoms with Crippen LogP contribution in [0.1, 0.15) is 53.4 Å². The zero-order valence-electron chi connectivity index (χ0n) is 13.6. The predicted molar refractivity (Wildman–Crippen MR) is 89.3 cm³/mol. The van der Waals surface area contributed by atoms with Crippen LogP contribution in [0.4, 0.5) is 0 Å². The average Bonchev–Trinajstić information content (AvgIpc) is 2.35. The van der Waals surface area contributed by atoms with Crippen LogP contribution in [0.5, 0.6) is 0 Å². The predicted octanol–water partition coefficient (Wildman–Crippen LogP) is 6.04. The highest BCUT2D eigenvalue weighted by Crippen LogP contribution is 2.52. The molecule has 109 valence electrons. The molecule has 0 N–H and O–H groups in total. The number of rotatable bonds is 4. The van der Waals surface area contributed by atoms with Gasteiger partial charge in [0.2, 0.25) is 0 Å². The lowest BCUT2D eigenvalue weighted by molar-refractivity contribution is 0.107. The van der Waals surface area contributed by atoms with Crippen molar-refractivity contribution in [3.63, 3.8) is 0 Å². The van der Waals surface area contributed by atoms with Crippen molar-refractivity contribution in [2.45, 2.75) is 53.4 Å². The molecule has 2 rings (SSSR count). The third kappa shape index (κ3) is 3.00. The van der Waals surface area contributed by atoms with Gasteiger partial charge in [-0.05, 0) is 49.9 Å². The van der Waals surface area contributed by atoms with Crippen LogP contribution in [0, 0.1) is 23.7 Å². The van der Waals surface area contributed by atoms with E-state index < -0.39 is 0 Å². The fourth-order valence-corrected chi connectivity index (χ4v) is 4.40. The summed E-state index contributed by atoms with van der Waals surface area (Å²) >= 11 is 0. The van der Waals surface area contributed by atoms with Gasteiger partial charge in [0.25, 0.3) is 0 Å². The Kier molecular flexibility index (Phi) is 4.42. The van der Waals surface area contributed by atoms with Gasteiger partial charge in [-0.25, -0.2) is 0 Å². The molecular formula is C20H29. The standard InChI is InChI=1S/C20H29/c1-6-9-18(19(4)12-7-10-16(2)14-19)20(5)13-8-11-17(3)15-20/h7-8,10-13,18H,1,6,9,14-15H2,2-5H3. The van der Waals surface area contributed by atoms with Crippen molar-refractivity contribution in [1.82, 2.24) is 0 Å². The van der Waals surface area contributed by atoms with Crippen molar-refractivity contribution < 1.29 is 0 Å². The first-order valence-corrected chi connectivity index (χ1v) is 7.89. The smallest absolute Gasteiger partial charge is 0.00698 e. The Morgan fingerprint density at radius 2 is 1.45 bits per heavy atom. The molecule has 0 aromatic heterocycles. The highest BCUT2D eigenvalue weighted by molar-refractivity contribution is 5.28. The molecule has 1 radical (unpaired) electrons. The van der Waals surface area contributed by atoms with E-state index in [4.69, 9.17) is 0 Å². The van der Waals surface area contributed by atoms with E-state index in [2.05, 4.69) is 71.1 Å². The van der Waals surface area contributed by atoms with E-state index >= 15 is 0 Å². The Morgan fingerprint density at radius 3 is 1.80 bits per heavy atom. The fourth-order valence-electron chi connectivity index (χ4n) is 4.40. The van der Waals surface area contributed by atoms with Crippen LogP contribution in [0.3, 0.4) is 0 Å².